The Morgan fingerprint density at radius 1 is 0.750 bits per heavy atom. The van der Waals surface area contributed by atoms with Gasteiger partial charge in [-0.1, -0.05) is 81.1 Å². The number of benzene rings is 2. The molecular weight excluding hydrogens is 290 g/mol. The van der Waals surface area contributed by atoms with E-state index in [-0.39, 0.29) is 0 Å². The lowest BCUT2D eigenvalue weighted by atomic mass is 9.83. The molecule has 0 aliphatic rings. The average Bonchev–Trinajstić information content (AvgIpc) is 2.58. The maximum atomic E-state index is 2.75. The Hall–Kier alpha value is -1.60. The standard InChI is InChI=1S/C21H28.C2H7N/c1-4-5-6-7-16-21(19-14-10-8-12-17(19)2)20-15-11-9-13-18(20)3;1-3-2/h8-15,21H,4-7,16H2,1-3H3;3H,1-2H3. The molecule has 0 heterocycles. The molecule has 0 aliphatic heterocycles. The Morgan fingerprint density at radius 3 is 1.62 bits per heavy atom. The third-order valence-corrected chi connectivity index (χ3v) is 4.47. The van der Waals surface area contributed by atoms with Gasteiger partial charge in [0, 0.05) is 5.92 Å². The van der Waals surface area contributed by atoms with Crippen molar-refractivity contribution in [2.45, 2.75) is 58.8 Å². The zero-order chi connectivity index (χ0) is 17.8. The SMILES string of the molecule is CCCCCCC(c1ccccc1C)c1ccccc1C.CNC. The molecule has 1 N–H and O–H groups in total. The maximum absolute atomic E-state index is 2.75. The Bertz CT molecular complexity index is 528. The first-order valence-electron chi connectivity index (χ1n) is 9.35. The van der Waals surface area contributed by atoms with Gasteiger partial charge in [0.2, 0.25) is 0 Å². The molecule has 0 saturated heterocycles. The molecular formula is C23H35N. The quantitative estimate of drug-likeness (QED) is 0.594. The van der Waals surface area contributed by atoms with Gasteiger partial charge in [-0.3, -0.25) is 0 Å². The molecule has 0 amide bonds. The summed E-state index contributed by atoms with van der Waals surface area (Å²) in [6.45, 7) is 6.76. The van der Waals surface area contributed by atoms with E-state index in [9.17, 15) is 0 Å². The smallest absolute Gasteiger partial charge is 0.00945 e. The second-order valence-corrected chi connectivity index (χ2v) is 6.62. The predicted octanol–water partition coefficient (Wildman–Crippen LogP) is 6.24. The molecule has 0 spiro atoms. The van der Waals surface area contributed by atoms with E-state index in [4.69, 9.17) is 0 Å². The van der Waals surface area contributed by atoms with Crippen LogP contribution in [-0.2, 0) is 0 Å². The summed E-state index contributed by atoms with van der Waals surface area (Å²) in [5.74, 6) is 0.546. The van der Waals surface area contributed by atoms with Crippen LogP contribution in [0.2, 0.25) is 0 Å². The summed E-state index contributed by atoms with van der Waals surface area (Å²) in [6.07, 6.45) is 6.59. The van der Waals surface area contributed by atoms with E-state index in [0.29, 0.717) is 5.92 Å². The summed E-state index contributed by atoms with van der Waals surface area (Å²) in [6, 6.07) is 17.8. The fourth-order valence-corrected chi connectivity index (χ4v) is 3.21. The molecule has 1 heteroatoms. The van der Waals surface area contributed by atoms with Crippen LogP contribution in [0.15, 0.2) is 48.5 Å². The van der Waals surface area contributed by atoms with Crippen LogP contribution in [0, 0.1) is 13.8 Å². The number of rotatable bonds is 7. The number of unbranched alkanes of at least 4 members (excludes halogenated alkanes) is 3. The lowest BCUT2D eigenvalue weighted by molar-refractivity contribution is 0.594. The lowest BCUT2D eigenvalue weighted by Crippen LogP contribution is -2.05. The van der Waals surface area contributed by atoms with E-state index < -0.39 is 0 Å². The van der Waals surface area contributed by atoms with Crippen molar-refractivity contribution in [3.8, 4) is 0 Å². The molecule has 0 radical (unpaired) electrons. The molecule has 2 aromatic rings. The first-order valence-corrected chi connectivity index (χ1v) is 9.35. The van der Waals surface area contributed by atoms with Gasteiger partial charge in [-0.25, -0.2) is 0 Å². The van der Waals surface area contributed by atoms with Gasteiger partial charge in [-0.05, 0) is 56.6 Å². The van der Waals surface area contributed by atoms with Crippen LogP contribution in [0.3, 0.4) is 0 Å². The van der Waals surface area contributed by atoms with Crippen molar-refractivity contribution in [2.75, 3.05) is 14.1 Å². The molecule has 2 aromatic carbocycles. The van der Waals surface area contributed by atoms with Gasteiger partial charge in [0.25, 0.3) is 0 Å². The highest BCUT2D eigenvalue weighted by Gasteiger charge is 2.17. The molecule has 2 rings (SSSR count). The molecule has 24 heavy (non-hydrogen) atoms. The van der Waals surface area contributed by atoms with Crippen LogP contribution in [0.4, 0.5) is 0 Å². The van der Waals surface area contributed by atoms with Gasteiger partial charge in [0.15, 0.2) is 0 Å². The molecule has 0 bridgehead atoms. The van der Waals surface area contributed by atoms with E-state index in [2.05, 4.69) is 74.6 Å². The lowest BCUT2D eigenvalue weighted by Gasteiger charge is -2.22. The van der Waals surface area contributed by atoms with Crippen molar-refractivity contribution in [3.63, 3.8) is 0 Å². The van der Waals surface area contributed by atoms with Crippen molar-refractivity contribution in [1.29, 1.82) is 0 Å². The van der Waals surface area contributed by atoms with Crippen molar-refractivity contribution < 1.29 is 0 Å². The van der Waals surface area contributed by atoms with Crippen LogP contribution < -0.4 is 5.32 Å². The number of hydrogen-bond donors (Lipinski definition) is 1. The van der Waals surface area contributed by atoms with Gasteiger partial charge in [-0.15, -0.1) is 0 Å². The van der Waals surface area contributed by atoms with E-state index in [1.54, 1.807) is 0 Å². The van der Waals surface area contributed by atoms with Gasteiger partial charge in [0.05, 0.1) is 0 Å². The van der Waals surface area contributed by atoms with E-state index in [0.717, 1.165) is 0 Å². The normalized spacial score (nSPS) is 10.4. The molecule has 0 saturated carbocycles. The monoisotopic (exact) mass is 325 g/mol. The third kappa shape index (κ3) is 6.49. The molecule has 0 unspecified atom stereocenters. The minimum absolute atomic E-state index is 0.546. The van der Waals surface area contributed by atoms with Crippen LogP contribution in [0.1, 0.15) is 67.2 Å². The van der Waals surface area contributed by atoms with Gasteiger partial charge < -0.3 is 5.32 Å². The summed E-state index contributed by atoms with van der Waals surface area (Å²) in [5, 5.41) is 2.75. The molecule has 0 fully saturated rings. The van der Waals surface area contributed by atoms with Gasteiger partial charge in [0.1, 0.15) is 0 Å². The zero-order valence-electron chi connectivity index (χ0n) is 16.2. The Morgan fingerprint density at radius 2 is 1.21 bits per heavy atom. The summed E-state index contributed by atoms with van der Waals surface area (Å²) in [4.78, 5) is 0. The first-order chi connectivity index (χ1) is 11.7. The number of aryl methyl sites for hydroxylation is 2. The summed E-state index contributed by atoms with van der Waals surface area (Å²) >= 11 is 0. The van der Waals surface area contributed by atoms with Crippen molar-refractivity contribution in [3.05, 3.63) is 70.8 Å². The van der Waals surface area contributed by atoms with Crippen molar-refractivity contribution >= 4 is 0 Å². The van der Waals surface area contributed by atoms with Crippen LogP contribution in [0.25, 0.3) is 0 Å². The van der Waals surface area contributed by atoms with Gasteiger partial charge in [-0.2, -0.15) is 0 Å². The summed E-state index contributed by atoms with van der Waals surface area (Å²) in [5.41, 5.74) is 5.84. The minimum Gasteiger partial charge on any atom is -0.323 e. The number of hydrogen-bond acceptors (Lipinski definition) is 1. The molecule has 132 valence electrons. The highest BCUT2D eigenvalue weighted by Crippen LogP contribution is 2.33. The number of nitrogens with one attached hydrogen (secondary N) is 1. The molecule has 0 aromatic heterocycles. The highest BCUT2D eigenvalue weighted by atomic mass is 14.7. The van der Waals surface area contributed by atoms with Gasteiger partial charge >= 0.3 is 0 Å². The average molecular weight is 326 g/mol. The predicted molar refractivity (Wildman–Crippen MR) is 108 cm³/mol. The second-order valence-electron chi connectivity index (χ2n) is 6.62. The van der Waals surface area contributed by atoms with E-state index >= 15 is 0 Å². The van der Waals surface area contributed by atoms with E-state index in [1.807, 2.05) is 14.1 Å². The Labute approximate surface area is 149 Å². The summed E-state index contributed by atoms with van der Waals surface area (Å²) in [7, 11) is 3.75. The second kappa shape index (κ2) is 11.9. The zero-order valence-corrected chi connectivity index (χ0v) is 16.2. The first kappa shape index (κ1) is 20.4. The van der Waals surface area contributed by atoms with Crippen LogP contribution >= 0.6 is 0 Å². The molecule has 0 atom stereocenters. The van der Waals surface area contributed by atoms with E-state index in [1.165, 1.54) is 54.4 Å². The fraction of sp³-hybridized carbons (Fsp3) is 0.478. The summed E-state index contributed by atoms with van der Waals surface area (Å²) < 4.78 is 0. The molecule has 0 aliphatic carbocycles. The fourth-order valence-electron chi connectivity index (χ4n) is 3.21. The largest absolute Gasteiger partial charge is 0.323 e. The van der Waals surface area contributed by atoms with Crippen molar-refractivity contribution in [2.24, 2.45) is 0 Å². The Balaban J connectivity index is 0.000000891. The minimum atomic E-state index is 0.546. The maximum Gasteiger partial charge on any atom is 0.00945 e. The van der Waals surface area contributed by atoms with Crippen molar-refractivity contribution in [1.82, 2.24) is 5.32 Å². The topological polar surface area (TPSA) is 12.0 Å². The van der Waals surface area contributed by atoms with Crippen LogP contribution in [-0.4, -0.2) is 14.1 Å². The molecule has 1 nitrogen and oxygen atoms in total. The van der Waals surface area contributed by atoms with Crippen LogP contribution in [0.5, 0.6) is 0 Å². The Kier molecular flexibility index (Phi) is 10.1. The highest BCUT2D eigenvalue weighted by molar-refractivity contribution is 5.40. The third-order valence-electron chi connectivity index (χ3n) is 4.47.